The maximum Gasteiger partial charge on any atom is 0.224 e. The van der Waals surface area contributed by atoms with Gasteiger partial charge in [0.05, 0.1) is 11.4 Å². The van der Waals surface area contributed by atoms with Crippen LogP contribution in [0.3, 0.4) is 0 Å². The number of para-hydroxylation sites is 1. The predicted octanol–water partition coefficient (Wildman–Crippen LogP) is 4.70. The summed E-state index contributed by atoms with van der Waals surface area (Å²) in [5.74, 6) is 1.21. The van der Waals surface area contributed by atoms with Gasteiger partial charge in [0.1, 0.15) is 17.5 Å². The fraction of sp³-hybridized carbons (Fsp3) is 0.261. The third kappa shape index (κ3) is 3.84. The summed E-state index contributed by atoms with van der Waals surface area (Å²) in [5, 5.41) is 9.38. The van der Waals surface area contributed by atoms with Crippen molar-refractivity contribution in [1.82, 2.24) is 19.7 Å². The molecule has 2 aliphatic heterocycles. The van der Waals surface area contributed by atoms with Crippen LogP contribution in [0.15, 0.2) is 54.6 Å². The van der Waals surface area contributed by atoms with Crippen molar-refractivity contribution in [2.75, 3.05) is 18.2 Å². The fourth-order valence-electron chi connectivity index (χ4n) is 4.36. The smallest absolute Gasteiger partial charge is 0.224 e. The molecular weight excluding hydrogens is 448 g/mol. The molecule has 2 aromatic carbocycles. The highest BCUT2D eigenvalue weighted by Crippen LogP contribution is 2.44. The van der Waals surface area contributed by atoms with Gasteiger partial charge in [-0.05, 0) is 36.3 Å². The number of halogens is 1. The number of carbonyl (C=O) groups is 1. The van der Waals surface area contributed by atoms with E-state index in [4.69, 9.17) is 11.6 Å². The first kappa shape index (κ1) is 21.2. The van der Waals surface area contributed by atoms with E-state index in [0.29, 0.717) is 17.4 Å². The summed E-state index contributed by atoms with van der Waals surface area (Å²) in [6, 6.07) is 15.7. The molecule has 7 nitrogen and oxygen atoms in total. The molecule has 2 aliphatic rings. The Morgan fingerprint density at radius 3 is 2.62 bits per heavy atom. The van der Waals surface area contributed by atoms with Gasteiger partial charge in [-0.1, -0.05) is 48.0 Å². The molecule has 3 aromatic rings. The molecule has 166 valence electrons. The maximum atomic E-state index is 13.1. The first-order valence-electron chi connectivity index (χ1n) is 10.3. The number of benzene rings is 2. The summed E-state index contributed by atoms with van der Waals surface area (Å²) < 4.78 is 21.9. The Morgan fingerprint density at radius 1 is 1.16 bits per heavy atom. The first-order valence-corrected chi connectivity index (χ1v) is 12.6. The van der Waals surface area contributed by atoms with E-state index in [0.717, 1.165) is 28.2 Å². The van der Waals surface area contributed by atoms with Gasteiger partial charge in [0.2, 0.25) is 5.91 Å². The Labute approximate surface area is 192 Å². The minimum absolute atomic E-state index is 0.00173. The van der Waals surface area contributed by atoms with Crippen molar-refractivity contribution < 1.29 is 13.9 Å². The number of aromatic nitrogens is 3. The summed E-state index contributed by atoms with van der Waals surface area (Å²) in [6.45, 7) is 2.25. The lowest BCUT2D eigenvalue weighted by molar-refractivity contribution is -0.130. The van der Waals surface area contributed by atoms with Gasteiger partial charge in [-0.25, -0.2) is 0 Å². The zero-order chi connectivity index (χ0) is 22.5. The molecule has 9 heteroatoms. The van der Waals surface area contributed by atoms with Gasteiger partial charge in [-0.2, -0.15) is 10.6 Å². The molecule has 1 fully saturated rings. The molecule has 0 saturated carbocycles. The van der Waals surface area contributed by atoms with E-state index in [1.54, 1.807) is 0 Å². The van der Waals surface area contributed by atoms with E-state index in [-0.39, 0.29) is 29.9 Å². The molecule has 1 saturated heterocycles. The highest BCUT2D eigenvalue weighted by Gasteiger charge is 2.33. The van der Waals surface area contributed by atoms with Gasteiger partial charge in [0.25, 0.3) is 0 Å². The van der Waals surface area contributed by atoms with Crippen LogP contribution in [-0.2, 0) is 4.79 Å². The number of hydrogen-bond donors (Lipinski definition) is 2. The molecule has 0 aliphatic carbocycles. The van der Waals surface area contributed by atoms with Crippen molar-refractivity contribution in [2.45, 2.75) is 19.3 Å². The van der Waals surface area contributed by atoms with Crippen LogP contribution < -0.4 is 0 Å². The van der Waals surface area contributed by atoms with Crippen molar-refractivity contribution in [3.63, 3.8) is 0 Å². The van der Waals surface area contributed by atoms with Gasteiger partial charge in [-0.3, -0.25) is 18.5 Å². The second-order valence-electron chi connectivity index (χ2n) is 8.15. The van der Waals surface area contributed by atoms with E-state index >= 15 is 0 Å². The molecule has 3 heterocycles. The molecule has 0 spiro atoms. The number of hydrogen-bond acceptors (Lipinski definition) is 5. The van der Waals surface area contributed by atoms with Crippen molar-refractivity contribution in [1.29, 1.82) is 0 Å². The number of fused-ring (bicyclic) bond motifs is 3. The maximum absolute atomic E-state index is 13.1. The Balaban J connectivity index is 1.61. The number of nitrogens with zero attached hydrogens (tertiary/aromatic N) is 4. The SMILES string of the molecule is Cc1nnc2n1-c1ccccc1C(c1ccc(Cl)cc1)=CC2CC(=O)N1CCS(O)(O)C1. The number of carbonyl (C=O) groups excluding carboxylic acids is 1. The zero-order valence-corrected chi connectivity index (χ0v) is 19.1. The Hall–Kier alpha value is -2.65. The Kier molecular flexibility index (Phi) is 5.33. The largest absolute Gasteiger partial charge is 0.324 e. The van der Waals surface area contributed by atoms with Crippen molar-refractivity contribution in [3.8, 4) is 5.69 Å². The van der Waals surface area contributed by atoms with E-state index in [1.807, 2.05) is 54.0 Å². The number of amides is 1. The standard InChI is InChI=1S/C23H23ClN4O3S/c1-15-25-26-23-17(13-22(29)27-10-11-32(30,31)14-27)12-20(16-6-8-18(24)9-7-16)19-4-2-3-5-21(19)28(15)23/h2-9,12,17,30-31H,10-11,13-14H2,1H3. The lowest BCUT2D eigenvalue weighted by Gasteiger charge is -2.26. The highest BCUT2D eigenvalue weighted by atomic mass is 35.5. The number of rotatable bonds is 3. The lowest BCUT2D eigenvalue weighted by Crippen LogP contribution is -2.30. The second-order valence-corrected chi connectivity index (χ2v) is 10.9. The van der Waals surface area contributed by atoms with Crippen molar-refractivity contribution in [2.24, 2.45) is 0 Å². The fourth-order valence-corrected chi connectivity index (χ4v) is 5.90. The molecule has 0 bridgehead atoms. The first-order chi connectivity index (χ1) is 15.3. The Morgan fingerprint density at radius 2 is 1.91 bits per heavy atom. The van der Waals surface area contributed by atoms with Gasteiger partial charge in [-0.15, -0.1) is 10.2 Å². The molecule has 1 atom stereocenters. The predicted molar refractivity (Wildman–Crippen MR) is 126 cm³/mol. The average molecular weight is 471 g/mol. The molecule has 2 N–H and O–H groups in total. The van der Waals surface area contributed by atoms with Crippen LogP contribution in [0.25, 0.3) is 11.3 Å². The minimum atomic E-state index is -2.70. The summed E-state index contributed by atoms with van der Waals surface area (Å²) in [5.41, 5.74) is 3.96. The molecule has 0 radical (unpaired) electrons. The van der Waals surface area contributed by atoms with E-state index in [9.17, 15) is 13.9 Å². The van der Waals surface area contributed by atoms with E-state index in [2.05, 4.69) is 22.3 Å². The van der Waals surface area contributed by atoms with Crippen LogP contribution in [0.2, 0.25) is 5.02 Å². The zero-order valence-electron chi connectivity index (χ0n) is 17.5. The quantitative estimate of drug-likeness (QED) is 0.579. The third-order valence-corrected chi connectivity index (χ3v) is 7.75. The molecule has 32 heavy (non-hydrogen) atoms. The van der Waals surface area contributed by atoms with Gasteiger partial charge < -0.3 is 4.90 Å². The summed E-state index contributed by atoms with van der Waals surface area (Å²) >= 11 is 6.12. The monoisotopic (exact) mass is 470 g/mol. The highest BCUT2D eigenvalue weighted by molar-refractivity contribution is 8.24. The van der Waals surface area contributed by atoms with Crippen LogP contribution in [-0.4, -0.2) is 52.9 Å². The summed E-state index contributed by atoms with van der Waals surface area (Å²) in [4.78, 5) is 14.6. The van der Waals surface area contributed by atoms with Gasteiger partial charge in [0, 0.05) is 29.5 Å². The van der Waals surface area contributed by atoms with Gasteiger partial charge >= 0.3 is 0 Å². The summed E-state index contributed by atoms with van der Waals surface area (Å²) in [6.07, 6.45) is 2.24. The molecule has 1 amide bonds. The topological polar surface area (TPSA) is 91.5 Å². The molecule has 1 aromatic heterocycles. The summed E-state index contributed by atoms with van der Waals surface area (Å²) in [7, 11) is -2.70. The number of aryl methyl sites for hydroxylation is 1. The molecular formula is C23H23ClN4O3S. The minimum Gasteiger partial charge on any atom is -0.324 e. The molecule has 5 rings (SSSR count). The lowest BCUT2D eigenvalue weighted by atomic mass is 9.92. The second kappa shape index (κ2) is 8.04. The van der Waals surface area contributed by atoms with Crippen LogP contribution in [0.1, 0.15) is 35.1 Å². The third-order valence-electron chi connectivity index (χ3n) is 5.94. The van der Waals surface area contributed by atoms with Gasteiger partial charge in [0.15, 0.2) is 0 Å². The normalized spacial score (nSPS) is 20.2. The van der Waals surface area contributed by atoms with Crippen LogP contribution >= 0.6 is 22.2 Å². The van der Waals surface area contributed by atoms with E-state index < -0.39 is 10.6 Å². The number of allylic oxidation sites excluding steroid dienone is 1. The molecule has 1 unspecified atom stereocenters. The van der Waals surface area contributed by atoms with Crippen LogP contribution in [0.4, 0.5) is 0 Å². The van der Waals surface area contributed by atoms with Crippen molar-refractivity contribution in [3.05, 3.63) is 82.4 Å². The van der Waals surface area contributed by atoms with Crippen molar-refractivity contribution >= 4 is 33.7 Å². The average Bonchev–Trinajstić information content (AvgIpc) is 3.29. The van der Waals surface area contributed by atoms with E-state index in [1.165, 1.54) is 4.90 Å². The van der Waals surface area contributed by atoms with Crippen LogP contribution in [0, 0.1) is 6.92 Å². The van der Waals surface area contributed by atoms with Crippen LogP contribution in [0.5, 0.6) is 0 Å². The Bertz CT molecular complexity index is 1220.